The van der Waals surface area contributed by atoms with Crippen LogP contribution in [0, 0.1) is 6.92 Å². The number of aryl methyl sites for hydroxylation is 2. The van der Waals surface area contributed by atoms with Gasteiger partial charge in [0.05, 0.1) is 19.4 Å². The summed E-state index contributed by atoms with van der Waals surface area (Å²) >= 11 is 0. The first kappa shape index (κ1) is 18.6. The van der Waals surface area contributed by atoms with E-state index in [1.165, 1.54) is 7.11 Å². The highest BCUT2D eigenvalue weighted by Crippen LogP contribution is 2.23. The molecule has 0 spiro atoms. The Labute approximate surface area is 157 Å². The molecule has 27 heavy (non-hydrogen) atoms. The van der Waals surface area contributed by atoms with Crippen molar-refractivity contribution in [1.82, 2.24) is 14.4 Å². The minimum atomic E-state index is -0.496. The second-order valence-corrected chi connectivity index (χ2v) is 5.97. The number of ether oxygens (including phenoxy) is 2. The molecule has 0 fully saturated rings. The quantitative estimate of drug-likeness (QED) is 0.471. The summed E-state index contributed by atoms with van der Waals surface area (Å²) in [5.41, 5.74) is 2.72. The lowest BCUT2D eigenvalue weighted by molar-refractivity contribution is 0.0593. The van der Waals surface area contributed by atoms with Gasteiger partial charge in [-0.25, -0.2) is 14.8 Å². The van der Waals surface area contributed by atoms with Gasteiger partial charge in [-0.05, 0) is 44.5 Å². The lowest BCUT2D eigenvalue weighted by atomic mass is 10.1. The molecule has 0 atom stereocenters. The van der Waals surface area contributed by atoms with Gasteiger partial charge in [0.1, 0.15) is 11.4 Å². The first-order valence-electron chi connectivity index (χ1n) is 8.73. The predicted molar refractivity (Wildman–Crippen MR) is 99.3 cm³/mol. The van der Waals surface area contributed by atoms with Crippen LogP contribution >= 0.6 is 0 Å². The van der Waals surface area contributed by atoms with Crippen molar-refractivity contribution in [2.75, 3.05) is 13.7 Å². The zero-order valence-corrected chi connectivity index (χ0v) is 15.6. The number of pyridine rings is 2. The summed E-state index contributed by atoms with van der Waals surface area (Å²) in [6, 6.07) is 8.77. The van der Waals surface area contributed by atoms with Crippen LogP contribution in [0.4, 0.5) is 0 Å². The van der Waals surface area contributed by atoms with Crippen molar-refractivity contribution in [3.05, 3.63) is 59.3 Å². The van der Waals surface area contributed by atoms with Gasteiger partial charge in [-0.15, -0.1) is 0 Å². The fourth-order valence-corrected chi connectivity index (χ4v) is 2.96. The van der Waals surface area contributed by atoms with Crippen LogP contribution in [-0.2, 0) is 11.2 Å². The Kier molecular flexibility index (Phi) is 5.49. The Morgan fingerprint density at radius 1 is 1.15 bits per heavy atom. The second-order valence-electron chi connectivity index (χ2n) is 5.97. The average molecular weight is 367 g/mol. The van der Waals surface area contributed by atoms with Crippen molar-refractivity contribution in [1.29, 1.82) is 0 Å². The maximum absolute atomic E-state index is 12.8. The number of Topliss-reactive ketones (excluding diaryl/α,β-unsaturated/α-hetero) is 1. The van der Waals surface area contributed by atoms with E-state index < -0.39 is 5.97 Å². The van der Waals surface area contributed by atoms with E-state index in [1.54, 1.807) is 28.8 Å². The topological polar surface area (TPSA) is 82.8 Å². The van der Waals surface area contributed by atoms with Crippen LogP contribution in [0.5, 0.6) is 5.75 Å². The van der Waals surface area contributed by atoms with Crippen LogP contribution in [0.3, 0.4) is 0 Å². The average Bonchev–Trinajstić information content (AvgIpc) is 3.03. The molecule has 3 rings (SSSR count). The van der Waals surface area contributed by atoms with E-state index in [9.17, 15) is 9.59 Å². The van der Waals surface area contributed by atoms with Gasteiger partial charge in [-0.1, -0.05) is 6.07 Å². The summed E-state index contributed by atoms with van der Waals surface area (Å²) in [4.78, 5) is 33.2. The number of hydrogen-bond acceptors (Lipinski definition) is 6. The van der Waals surface area contributed by atoms with Gasteiger partial charge in [0.25, 0.3) is 0 Å². The highest BCUT2D eigenvalue weighted by Gasteiger charge is 2.19. The molecule has 0 saturated carbocycles. The molecule has 3 aromatic rings. The molecule has 0 unspecified atom stereocenters. The Morgan fingerprint density at radius 3 is 2.70 bits per heavy atom. The van der Waals surface area contributed by atoms with E-state index in [-0.39, 0.29) is 17.9 Å². The predicted octanol–water partition coefficient (Wildman–Crippen LogP) is 3.04. The molecule has 0 saturated heterocycles. The van der Waals surface area contributed by atoms with E-state index in [0.717, 1.165) is 0 Å². The van der Waals surface area contributed by atoms with Crippen LogP contribution in [0.15, 0.2) is 36.5 Å². The van der Waals surface area contributed by atoms with Gasteiger partial charge >= 0.3 is 5.97 Å². The lowest BCUT2D eigenvalue weighted by Crippen LogP contribution is -2.09. The number of carbonyl (C=O) groups excluding carboxylic acids is 2. The van der Waals surface area contributed by atoms with Crippen molar-refractivity contribution in [2.45, 2.75) is 26.7 Å². The first-order chi connectivity index (χ1) is 13.0. The van der Waals surface area contributed by atoms with E-state index in [4.69, 9.17) is 4.74 Å². The third-order valence-electron chi connectivity index (χ3n) is 4.16. The minimum absolute atomic E-state index is 0.0427. The highest BCUT2D eigenvalue weighted by molar-refractivity contribution is 5.96. The summed E-state index contributed by atoms with van der Waals surface area (Å²) in [5.74, 6) is 0.109. The number of hydrogen-bond donors (Lipinski definition) is 0. The maximum Gasteiger partial charge on any atom is 0.356 e. The van der Waals surface area contributed by atoms with E-state index in [1.807, 2.05) is 26.0 Å². The number of ketones is 1. The standard InChI is InChI=1S/C20H21N3O4/c1-4-27-17-9-6-12-23-18(13(2)21-19(17)23)16(24)11-10-14-7-5-8-15(22-14)20(25)26-3/h5-9,12H,4,10-11H2,1-3H3. The third-order valence-corrected chi connectivity index (χ3v) is 4.16. The van der Waals surface area contributed by atoms with E-state index >= 15 is 0 Å². The van der Waals surface area contributed by atoms with Crippen molar-refractivity contribution in [2.24, 2.45) is 0 Å². The normalized spacial score (nSPS) is 10.8. The molecule has 0 radical (unpaired) electrons. The lowest BCUT2D eigenvalue weighted by Gasteiger charge is -2.06. The van der Waals surface area contributed by atoms with Crippen LogP contribution < -0.4 is 4.74 Å². The van der Waals surface area contributed by atoms with Gasteiger partial charge in [0.2, 0.25) is 0 Å². The number of aromatic nitrogens is 3. The molecule has 3 heterocycles. The van der Waals surface area contributed by atoms with Gasteiger partial charge < -0.3 is 9.47 Å². The van der Waals surface area contributed by atoms with Gasteiger partial charge in [-0.3, -0.25) is 9.20 Å². The molecular weight excluding hydrogens is 346 g/mol. The summed E-state index contributed by atoms with van der Waals surface area (Å²) < 4.78 is 12.0. The molecule has 0 N–H and O–H groups in total. The first-order valence-corrected chi connectivity index (χ1v) is 8.73. The molecule has 0 amide bonds. The Morgan fingerprint density at radius 2 is 1.96 bits per heavy atom. The van der Waals surface area contributed by atoms with Crippen LogP contribution in [0.25, 0.3) is 5.65 Å². The fourth-order valence-electron chi connectivity index (χ4n) is 2.96. The number of methoxy groups -OCH3 is 1. The zero-order chi connectivity index (χ0) is 19.4. The Balaban J connectivity index is 1.82. The van der Waals surface area contributed by atoms with Crippen molar-refractivity contribution in [3.63, 3.8) is 0 Å². The molecule has 0 aliphatic heterocycles. The van der Waals surface area contributed by atoms with Crippen LogP contribution in [-0.4, -0.2) is 39.8 Å². The van der Waals surface area contributed by atoms with Crippen molar-refractivity contribution < 1.29 is 19.1 Å². The number of imidazole rings is 1. The largest absolute Gasteiger partial charge is 0.490 e. The van der Waals surface area contributed by atoms with Crippen LogP contribution in [0.2, 0.25) is 0 Å². The van der Waals surface area contributed by atoms with Gasteiger partial charge in [-0.2, -0.15) is 0 Å². The third kappa shape index (κ3) is 3.81. The van der Waals surface area contributed by atoms with Gasteiger partial charge in [0.15, 0.2) is 17.2 Å². The smallest absolute Gasteiger partial charge is 0.356 e. The number of esters is 1. The summed E-state index contributed by atoms with van der Waals surface area (Å²) in [6.45, 7) is 4.24. The Hall–Kier alpha value is -3.22. The molecule has 0 aliphatic carbocycles. The number of nitrogens with zero attached hydrogens (tertiary/aromatic N) is 3. The molecule has 0 aromatic carbocycles. The summed E-state index contributed by atoms with van der Waals surface area (Å²) in [7, 11) is 1.31. The molecule has 7 heteroatoms. The molecule has 7 nitrogen and oxygen atoms in total. The van der Waals surface area contributed by atoms with E-state index in [2.05, 4.69) is 14.7 Å². The molecular formula is C20H21N3O4. The number of fused-ring (bicyclic) bond motifs is 1. The SMILES string of the molecule is CCOc1cccn2c(C(=O)CCc3cccc(C(=O)OC)n3)c(C)nc12. The molecule has 0 bridgehead atoms. The van der Waals surface area contributed by atoms with Crippen molar-refractivity contribution >= 4 is 17.4 Å². The van der Waals surface area contributed by atoms with E-state index in [0.29, 0.717) is 41.5 Å². The minimum Gasteiger partial charge on any atom is -0.490 e. The van der Waals surface area contributed by atoms with Crippen molar-refractivity contribution in [3.8, 4) is 5.75 Å². The van der Waals surface area contributed by atoms with Crippen LogP contribution in [0.1, 0.15) is 45.7 Å². The zero-order valence-electron chi connectivity index (χ0n) is 15.6. The maximum atomic E-state index is 12.8. The Bertz CT molecular complexity index is 994. The summed E-state index contributed by atoms with van der Waals surface area (Å²) in [5, 5.41) is 0. The van der Waals surface area contributed by atoms with Gasteiger partial charge in [0, 0.05) is 18.3 Å². The number of rotatable bonds is 7. The summed E-state index contributed by atoms with van der Waals surface area (Å²) in [6.07, 6.45) is 2.48. The second kappa shape index (κ2) is 7.99. The monoisotopic (exact) mass is 367 g/mol. The number of carbonyl (C=O) groups is 2. The molecule has 3 aromatic heterocycles. The molecule has 0 aliphatic rings. The fraction of sp³-hybridized carbons (Fsp3) is 0.300. The highest BCUT2D eigenvalue weighted by atomic mass is 16.5. The molecule has 140 valence electrons.